The van der Waals surface area contributed by atoms with Crippen molar-refractivity contribution in [3.05, 3.63) is 5.89 Å². The van der Waals surface area contributed by atoms with E-state index < -0.39 is 0 Å². The van der Waals surface area contributed by atoms with Crippen LogP contribution in [0.4, 0.5) is 6.01 Å². The molecule has 1 aliphatic rings. The molecule has 5 nitrogen and oxygen atoms in total. The van der Waals surface area contributed by atoms with Crippen molar-refractivity contribution < 1.29 is 4.42 Å². The van der Waals surface area contributed by atoms with Gasteiger partial charge in [-0.3, -0.25) is 0 Å². The molecule has 0 aliphatic carbocycles. The molecule has 2 rings (SSSR count). The molecular formula is C12H22N4O. The van der Waals surface area contributed by atoms with Crippen molar-refractivity contribution in [2.45, 2.75) is 39.7 Å². The highest BCUT2D eigenvalue weighted by Crippen LogP contribution is 2.21. The van der Waals surface area contributed by atoms with Crippen molar-refractivity contribution in [2.75, 3.05) is 24.5 Å². The highest BCUT2D eigenvalue weighted by molar-refractivity contribution is 5.24. The fraction of sp³-hybridized carbons (Fsp3) is 0.833. The molecule has 1 aliphatic heterocycles. The first-order chi connectivity index (χ1) is 8.29. The number of anilines is 1. The highest BCUT2D eigenvalue weighted by Gasteiger charge is 2.18. The van der Waals surface area contributed by atoms with E-state index in [-0.39, 0.29) is 0 Å². The Hall–Kier alpha value is -1.10. The minimum Gasteiger partial charge on any atom is -0.407 e. The first-order valence-electron chi connectivity index (χ1n) is 6.57. The van der Waals surface area contributed by atoms with Crippen molar-refractivity contribution in [1.82, 2.24) is 15.5 Å². The number of rotatable bonds is 4. The van der Waals surface area contributed by atoms with Crippen LogP contribution >= 0.6 is 0 Å². The normalized spacial score (nSPS) is 21.5. The summed E-state index contributed by atoms with van der Waals surface area (Å²) in [7, 11) is 0. The molecule has 1 aromatic heterocycles. The maximum absolute atomic E-state index is 5.66. The summed E-state index contributed by atoms with van der Waals surface area (Å²) in [6, 6.07) is 0.687. The highest BCUT2D eigenvalue weighted by atomic mass is 16.4. The minimum atomic E-state index is 0.660. The lowest BCUT2D eigenvalue weighted by atomic mass is 10.0. The fourth-order valence-corrected chi connectivity index (χ4v) is 2.13. The van der Waals surface area contributed by atoms with Gasteiger partial charge < -0.3 is 14.6 Å². The second-order valence-corrected chi connectivity index (χ2v) is 4.78. The van der Waals surface area contributed by atoms with E-state index in [0.29, 0.717) is 18.5 Å². The molecule has 1 fully saturated rings. The molecule has 0 bridgehead atoms. The third kappa shape index (κ3) is 3.43. The van der Waals surface area contributed by atoms with Gasteiger partial charge in [-0.25, -0.2) is 0 Å². The molecule has 0 saturated carbocycles. The van der Waals surface area contributed by atoms with Gasteiger partial charge in [0.05, 0.1) is 6.54 Å². The second-order valence-electron chi connectivity index (χ2n) is 4.78. The number of hydrogen-bond acceptors (Lipinski definition) is 5. The third-order valence-corrected chi connectivity index (χ3v) is 3.27. The van der Waals surface area contributed by atoms with Gasteiger partial charge in [-0.05, 0) is 31.7 Å². The molecule has 0 aromatic carbocycles. The Morgan fingerprint density at radius 1 is 1.35 bits per heavy atom. The zero-order chi connectivity index (χ0) is 12.1. The quantitative estimate of drug-likeness (QED) is 0.867. The standard InChI is InChI=1S/C12H22N4O/c1-3-13-9-11-14-15-12(17-11)16-7-4-5-10(2)6-8-16/h10,13H,3-9H2,1-2H3. The first kappa shape index (κ1) is 12.4. The zero-order valence-electron chi connectivity index (χ0n) is 10.8. The average Bonchev–Trinajstić information content (AvgIpc) is 2.69. The summed E-state index contributed by atoms with van der Waals surface area (Å²) in [6.45, 7) is 8.02. The average molecular weight is 238 g/mol. The van der Waals surface area contributed by atoms with Crippen molar-refractivity contribution in [3.63, 3.8) is 0 Å². The molecule has 2 heterocycles. The van der Waals surface area contributed by atoms with E-state index >= 15 is 0 Å². The van der Waals surface area contributed by atoms with Crippen LogP contribution in [-0.2, 0) is 6.54 Å². The summed E-state index contributed by atoms with van der Waals surface area (Å²) in [4.78, 5) is 2.21. The number of hydrogen-bond donors (Lipinski definition) is 1. The van der Waals surface area contributed by atoms with Gasteiger partial charge in [-0.1, -0.05) is 18.9 Å². The van der Waals surface area contributed by atoms with Gasteiger partial charge in [0, 0.05) is 13.1 Å². The predicted octanol–water partition coefficient (Wildman–Crippen LogP) is 1.81. The second kappa shape index (κ2) is 6.00. The first-order valence-corrected chi connectivity index (χ1v) is 6.57. The number of nitrogens with one attached hydrogen (secondary N) is 1. The number of nitrogens with zero attached hydrogens (tertiary/aromatic N) is 3. The van der Waals surface area contributed by atoms with Crippen LogP contribution in [0.15, 0.2) is 4.42 Å². The third-order valence-electron chi connectivity index (χ3n) is 3.27. The Morgan fingerprint density at radius 2 is 2.24 bits per heavy atom. The van der Waals surface area contributed by atoms with Crippen LogP contribution in [0.5, 0.6) is 0 Å². The van der Waals surface area contributed by atoms with Crippen molar-refractivity contribution in [3.8, 4) is 0 Å². The summed E-state index contributed by atoms with van der Waals surface area (Å²) in [5.41, 5.74) is 0. The topological polar surface area (TPSA) is 54.2 Å². The minimum absolute atomic E-state index is 0.660. The summed E-state index contributed by atoms with van der Waals surface area (Å²) >= 11 is 0. The smallest absolute Gasteiger partial charge is 0.318 e. The van der Waals surface area contributed by atoms with Gasteiger partial charge in [0.1, 0.15) is 0 Å². The molecule has 1 atom stereocenters. The van der Waals surface area contributed by atoms with E-state index in [1.807, 2.05) is 0 Å². The van der Waals surface area contributed by atoms with Crippen molar-refractivity contribution in [2.24, 2.45) is 5.92 Å². The van der Waals surface area contributed by atoms with Crippen LogP contribution in [0.1, 0.15) is 39.0 Å². The zero-order valence-corrected chi connectivity index (χ0v) is 10.8. The SMILES string of the molecule is CCNCc1nnc(N2CCCC(C)CC2)o1. The van der Waals surface area contributed by atoms with Gasteiger partial charge >= 0.3 is 6.01 Å². The van der Waals surface area contributed by atoms with Gasteiger partial charge in [0.2, 0.25) is 5.89 Å². The number of aromatic nitrogens is 2. The molecule has 1 unspecified atom stereocenters. The molecule has 1 N–H and O–H groups in total. The van der Waals surface area contributed by atoms with Crippen LogP contribution in [0.25, 0.3) is 0 Å². The maximum Gasteiger partial charge on any atom is 0.318 e. The molecule has 0 spiro atoms. The van der Waals surface area contributed by atoms with Crippen LogP contribution in [0.3, 0.4) is 0 Å². The molecular weight excluding hydrogens is 216 g/mol. The molecule has 0 radical (unpaired) electrons. The molecule has 0 amide bonds. The van der Waals surface area contributed by atoms with E-state index in [1.165, 1.54) is 19.3 Å². The van der Waals surface area contributed by atoms with Gasteiger partial charge in [-0.2, -0.15) is 0 Å². The van der Waals surface area contributed by atoms with Crippen LogP contribution < -0.4 is 10.2 Å². The Kier molecular flexibility index (Phi) is 4.36. The molecule has 96 valence electrons. The summed E-state index contributed by atoms with van der Waals surface area (Å²) in [5, 5.41) is 11.4. The Bertz CT molecular complexity index is 339. The monoisotopic (exact) mass is 238 g/mol. The molecule has 1 aromatic rings. The Labute approximate surface area is 103 Å². The predicted molar refractivity (Wildman–Crippen MR) is 66.9 cm³/mol. The van der Waals surface area contributed by atoms with Gasteiger partial charge in [-0.15, -0.1) is 5.10 Å². The summed E-state index contributed by atoms with van der Waals surface area (Å²) in [5.74, 6) is 1.49. The van der Waals surface area contributed by atoms with E-state index in [1.54, 1.807) is 0 Å². The molecule has 1 saturated heterocycles. The van der Waals surface area contributed by atoms with Crippen molar-refractivity contribution >= 4 is 6.01 Å². The Morgan fingerprint density at radius 3 is 3.06 bits per heavy atom. The molecule has 5 heteroatoms. The van der Waals surface area contributed by atoms with Crippen LogP contribution in [0.2, 0.25) is 0 Å². The lowest BCUT2D eigenvalue weighted by Gasteiger charge is -2.16. The van der Waals surface area contributed by atoms with Crippen LogP contribution in [-0.4, -0.2) is 29.8 Å². The van der Waals surface area contributed by atoms with E-state index in [0.717, 1.165) is 25.6 Å². The van der Waals surface area contributed by atoms with E-state index in [2.05, 4.69) is 34.3 Å². The van der Waals surface area contributed by atoms with Gasteiger partial charge in [0.25, 0.3) is 0 Å². The largest absolute Gasteiger partial charge is 0.407 e. The molecule has 17 heavy (non-hydrogen) atoms. The van der Waals surface area contributed by atoms with Crippen molar-refractivity contribution in [1.29, 1.82) is 0 Å². The van der Waals surface area contributed by atoms with E-state index in [4.69, 9.17) is 4.42 Å². The summed E-state index contributed by atoms with van der Waals surface area (Å²) < 4.78 is 5.66. The Balaban J connectivity index is 1.94. The van der Waals surface area contributed by atoms with Crippen LogP contribution in [0, 0.1) is 5.92 Å². The van der Waals surface area contributed by atoms with E-state index in [9.17, 15) is 0 Å². The van der Waals surface area contributed by atoms with Gasteiger partial charge in [0.15, 0.2) is 0 Å². The summed E-state index contributed by atoms with van der Waals surface area (Å²) in [6.07, 6.45) is 3.73. The fourth-order valence-electron chi connectivity index (χ4n) is 2.13. The lowest BCUT2D eigenvalue weighted by Crippen LogP contribution is -2.24. The lowest BCUT2D eigenvalue weighted by molar-refractivity contribution is 0.463. The maximum atomic E-state index is 5.66.